The summed E-state index contributed by atoms with van der Waals surface area (Å²) in [4.78, 5) is 16.9. The van der Waals surface area contributed by atoms with Gasteiger partial charge in [0.15, 0.2) is 0 Å². The standard InChI is InChI=1S/C15H17BrN2OS2/c1-17(2)8-3-9-18-14(19)13(21-15(18)20)10-11-4-6-12(16)7-5-11/h4-7,10H,3,8-9H2,1-2H3/b13-10+. The predicted molar refractivity (Wildman–Crippen MR) is 97.2 cm³/mol. The number of thioether (sulfide) groups is 1. The van der Waals surface area contributed by atoms with Gasteiger partial charge >= 0.3 is 0 Å². The molecule has 0 spiro atoms. The van der Waals surface area contributed by atoms with Gasteiger partial charge in [0.25, 0.3) is 5.91 Å². The fourth-order valence-electron chi connectivity index (χ4n) is 1.95. The topological polar surface area (TPSA) is 23.6 Å². The molecule has 1 aromatic rings. The molecule has 0 radical (unpaired) electrons. The van der Waals surface area contributed by atoms with Crippen LogP contribution in [0.25, 0.3) is 6.08 Å². The maximum absolute atomic E-state index is 12.4. The van der Waals surface area contributed by atoms with Crippen molar-refractivity contribution in [2.24, 2.45) is 0 Å². The quantitative estimate of drug-likeness (QED) is 0.571. The molecule has 6 heteroatoms. The van der Waals surface area contributed by atoms with Crippen LogP contribution < -0.4 is 0 Å². The minimum Gasteiger partial charge on any atom is -0.309 e. The maximum Gasteiger partial charge on any atom is 0.266 e. The number of amides is 1. The molecule has 1 amide bonds. The van der Waals surface area contributed by atoms with Crippen molar-refractivity contribution < 1.29 is 4.79 Å². The molecule has 0 unspecified atom stereocenters. The van der Waals surface area contributed by atoms with Crippen molar-refractivity contribution in [2.75, 3.05) is 27.2 Å². The van der Waals surface area contributed by atoms with E-state index in [1.807, 2.05) is 44.4 Å². The lowest BCUT2D eigenvalue weighted by Crippen LogP contribution is -2.30. The van der Waals surface area contributed by atoms with Gasteiger partial charge < -0.3 is 4.90 Å². The van der Waals surface area contributed by atoms with Crippen molar-refractivity contribution in [3.8, 4) is 0 Å². The fourth-order valence-corrected chi connectivity index (χ4v) is 3.52. The molecular weight excluding hydrogens is 368 g/mol. The van der Waals surface area contributed by atoms with E-state index in [0.717, 1.165) is 23.0 Å². The SMILES string of the molecule is CN(C)CCCN1C(=O)/C(=C\c2ccc(Br)cc2)SC1=S. The fraction of sp³-hybridized carbons (Fsp3) is 0.333. The number of rotatable bonds is 5. The van der Waals surface area contributed by atoms with Gasteiger partial charge in [-0.3, -0.25) is 9.69 Å². The monoisotopic (exact) mass is 384 g/mol. The Bertz CT molecular complexity index is 570. The lowest BCUT2D eigenvalue weighted by Gasteiger charge is -2.16. The van der Waals surface area contributed by atoms with Gasteiger partial charge in [-0.1, -0.05) is 52.0 Å². The van der Waals surface area contributed by atoms with Crippen LogP contribution in [0.15, 0.2) is 33.6 Å². The van der Waals surface area contributed by atoms with Crippen molar-refractivity contribution in [3.05, 3.63) is 39.2 Å². The van der Waals surface area contributed by atoms with Crippen molar-refractivity contribution in [1.29, 1.82) is 0 Å². The van der Waals surface area contributed by atoms with Crippen molar-refractivity contribution in [3.63, 3.8) is 0 Å². The largest absolute Gasteiger partial charge is 0.309 e. The zero-order chi connectivity index (χ0) is 15.4. The molecular formula is C15H17BrN2OS2. The van der Waals surface area contributed by atoms with E-state index in [9.17, 15) is 4.79 Å². The van der Waals surface area contributed by atoms with Crippen LogP contribution in [0.1, 0.15) is 12.0 Å². The zero-order valence-corrected chi connectivity index (χ0v) is 15.2. The van der Waals surface area contributed by atoms with Crippen molar-refractivity contribution in [1.82, 2.24) is 9.80 Å². The number of hydrogen-bond donors (Lipinski definition) is 0. The second-order valence-corrected chi connectivity index (χ2v) is 7.63. The van der Waals surface area contributed by atoms with E-state index >= 15 is 0 Å². The van der Waals surface area contributed by atoms with E-state index < -0.39 is 0 Å². The molecule has 1 aliphatic heterocycles. The van der Waals surface area contributed by atoms with Crippen molar-refractivity contribution in [2.45, 2.75) is 6.42 Å². The Hall–Kier alpha value is -0.690. The summed E-state index contributed by atoms with van der Waals surface area (Å²) in [6.45, 7) is 1.63. The highest BCUT2D eigenvalue weighted by molar-refractivity contribution is 9.10. The molecule has 0 N–H and O–H groups in total. The number of halogens is 1. The summed E-state index contributed by atoms with van der Waals surface area (Å²) in [5, 5.41) is 0. The third kappa shape index (κ3) is 4.64. The van der Waals surface area contributed by atoms with Crippen LogP contribution >= 0.6 is 39.9 Å². The summed E-state index contributed by atoms with van der Waals surface area (Å²) in [5.74, 6) is 0.0201. The number of carbonyl (C=O) groups is 1. The Morgan fingerprint density at radius 1 is 1.33 bits per heavy atom. The molecule has 0 bridgehead atoms. The summed E-state index contributed by atoms with van der Waals surface area (Å²) < 4.78 is 1.68. The van der Waals surface area contributed by atoms with Crippen LogP contribution in [0.2, 0.25) is 0 Å². The van der Waals surface area contributed by atoms with E-state index in [0.29, 0.717) is 15.8 Å². The summed E-state index contributed by atoms with van der Waals surface area (Å²) in [6.07, 6.45) is 2.82. The molecule has 1 aromatic carbocycles. The molecule has 1 heterocycles. The number of nitrogens with zero attached hydrogens (tertiary/aromatic N) is 2. The molecule has 1 fully saturated rings. The molecule has 21 heavy (non-hydrogen) atoms. The third-order valence-electron chi connectivity index (χ3n) is 3.03. The summed E-state index contributed by atoms with van der Waals surface area (Å²) >= 11 is 10.1. The second-order valence-electron chi connectivity index (χ2n) is 5.04. The van der Waals surface area contributed by atoms with Crippen LogP contribution in [-0.4, -0.2) is 47.2 Å². The van der Waals surface area contributed by atoms with E-state index in [1.165, 1.54) is 11.8 Å². The first-order valence-corrected chi connectivity index (χ1v) is 8.65. The molecule has 1 aliphatic rings. The van der Waals surface area contributed by atoms with Gasteiger partial charge in [-0.15, -0.1) is 0 Å². The van der Waals surface area contributed by atoms with Crippen LogP contribution in [0.5, 0.6) is 0 Å². The Kier molecular flexibility index (Phi) is 5.98. The van der Waals surface area contributed by atoms with Gasteiger partial charge in [0.1, 0.15) is 4.32 Å². The summed E-state index contributed by atoms with van der Waals surface area (Å²) in [7, 11) is 4.05. The number of thiocarbonyl (C=S) groups is 1. The molecule has 0 aliphatic carbocycles. The molecule has 112 valence electrons. The van der Waals surface area contributed by atoms with Crippen LogP contribution in [-0.2, 0) is 4.79 Å². The molecule has 0 atom stereocenters. The second kappa shape index (κ2) is 7.54. The van der Waals surface area contributed by atoms with Gasteiger partial charge in [-0.25, -0.2) is 0 Å². The van der Waals surface area contributed by atoms with Gasteiger partial charge in [0.05, 0.1) is 4.91 Å². The van der Waals surface area contributed by atoms with E-state index in [-0.39, 0.29) is 5.91 Å². The highest BCUT2D eigenvalue weighted by atomic mass is 79.9. The Labute approximate surface area is 143 Å². The van der Waals surface area contributed by atoms with Crippen LogP contribution in [0, 0.1) is 0 Å². The van der Waals surface area contributed by atoms with E-state index in [2.05, 4.69) is 20.8 Å². The minimum atomic E-state index is 0.0201. The summed E-state index contributed by atoms with van der Waals surface area (Å²) in [6, 6.07) is 7.87. The van der Waals surface area contributed by atoms with Gasteiger partial charge in [-0.2, -0.15) is 0 Å². The Morgan fingerprint density at radius 3 is 2.62 bits per heavy atom. The van der Waals surface area contributed by atoms with Gasteiger partial charge in [-0.05, 0) is 50.8 Å². The normalized spacial score (nSPS) is 17.3. The average Bonchev–Trinajstić information content (AvgIpc) is 2.68. The summed E-state index contributed by atoms with van der Waals surface area (Å²) in [5.41, 5.74) is 1.01. The highest BCUT2D eigenvalue weighted by Gasteiger charge is 2.31. The molecule has 2 rings (SSSR count). The maximum atomic E-state index is 12.4. The Morgan fingerprint density at radius 2 is 2.00 bits per heavy atom. The first-order chi connectivity index (χ1) is 9.97. The van der Waals surface area contributed by atoms with Gasteiger partial charge in [0.2, 0.25) is 0 Å². The Balaban J connectivity index is 2.05. The lowest BCUT2D eigenvalue weighted by molar-refractivity contribution is -0.122. The van der Waals surface area contributed by atoms with Gasteiger partial charge in [0, 0.05) is 11.0 Å². The molecule has 3 nitrogen and oxygen atoms in total. The van der Waals surface area contributed by atoms with Crippen molar-refractivity contribution >= 4 is 56.2 Å². The molecule has 1 saturated heterocycles. The minimum absolute atomic E-state index is 0.0201. The zero-order valence-electron chi connectivity index (χ0n) is 12.0. The van der Waals surface area contributed by atoms with E-state index in [1.54, 1.807) is 4.90 Å². The molecule has 0 saturated carbocycles. The highest BCUT2D eigenvalue weighted by Crippen LogP contribution is 2.32. The number of hydrogen-bond acceptors (Lipinski definition) is 4. The smallest absolute Gasteiger partial charge is 0.266 e. The lowest BCUT2D eigenvalue weighted by atomic mass is 10.2. The van der Waals surface area contributed by atoms with Crippen LogP contribution in [0.3, 0.4) is 0 Å². The van der Waals surface area contributed by atoms with E-state index in [4.69, 9.17) is 12.2 Å². The first-order valence-electron chi connectivity index (χ1n) is 6.63. The van der Waals surface area contributed by atoms with Crippen LogP contribution in [0.4, 0.5) is 0 Å². The third-order valence-corrected chi connectivity index (χ3v) is 4.93. The average molecular weight is 385 g/mol. The first kappa shape index (κ1) is 16.7. The number of benzene rings is 1. The number of carbonyl (C=O) groups excluding carboxylic acids is 1. The predicted octanol–water partition coefficient (Wildman–Crippen LogP) is 3.60. The molecule has 0 aromatic heterocycles.